The van der Waals surface area contributed by atoms with Gasteiger partial charge in [-0.25, -0.2) is 0 Å². The van der Waals surface area contributed by atoms with Crippen molar-refractivity contribution in [2.75, 3.05) is 37.7 Å². The number of hydrogen-bond donors (Lipinski definition) is 1. The third kappa shape index (κ3) is 5.98. The molecule has 1 heterocycles. The first-order chi connectivity index (χ1) is 12.9. The number of likely N-dealkylation sites (N-methyl/N-ethyl adjacent to an activating group) is 1. The maximum absolute atomic E-state index is 12.9. The van der Waals surface area contributed by atoms with E-state index < -0.39 is 12.0 Å². The highest BCUT2D eigenvalue weighted by Gasteiger charge is 2.35. The van der Waals surface area contributed by atoms with E-state index in [9.17, 15) is 14.4 Å². The number of ether oxygens (including phenoxy) is 1. The fraction of sp³-hybridized carbons (Fsp3) is 0.550. The summed E-state index contributed by atoms with van der Waals surface area (Å²) in [6.45, 7) is 7.77. The molecule has 0 radical (unpaired) electrons. The zero-order chi connectivity index (χ0) is 19.8. The van der Waals surface area contributed by atoms with Crippen LogP contribution in [-0.2, 0) is 19.1 Å². The van der Waals surface area contributed by atoms with Crippen LogP contribution >= 0.6 is 0 Å². The molecule has 1 N–H and O–H groups in total. The lowest BCUT2D eigenvalue weighted by Gasteiger charge is -2.36. The van der Waals surface area contributed by atoms with E-state index in [0.29, 0.717) is 26.2 Å². The van der Waals surface area contributed by atoms with Crippen LogP contribution < -0.4 is 10.2 Å². The zero-order valence-electron chi connectivity index (χ0n) is 16.3. The van der Waals surface area contributed by atoms with E-state index in [1.54, 1.807) is 0 Å². The van der Waals surface area contributed by atoms with Gasteiger partial charge in [0.2, 0.25) is 11.8 Å². The van der Waals surface area contributed by atoms with Gasteiger partial charge in [-0.3, -0.25) is 14.4 Å². The Kier molecular flexibility index (Phi) is 7.64. The predicted molar refractivity (Wildman–Crippen MR) is 103 cm³/mol. The maximum Gasteiger partial charge on any atom is 0.308 e. The van der Waals surface area contributed by atoms with E-state index in [1.807, 2.05) is 56.0 Å². The van der Waals surface area contributed by atoms with Gasteiger partial charge in [0.1, 0.15) is 6.04 Å². The third-order valence-corrected chi connectivity index (χ3v) is 4.42. The van der Waals surface area contributed by atoms with Crippen LogP contribution in [-0.4, -0.2) is 61.5 Å². The van der Waals surface area contributed by atoms with Gasteiger partial charge in [0.05, 0.1) is 19.6 Å². The second-order valence-electron chi connectivity index (χ2n) is 7.02. The Labute approximate surface area is 160 Å². The van der Waals surface area contributed by atoms with E-state index in [2.05, 4.69) is 5.32 Å². The molecular weight excluding hydrogens is 346 g/mol. The lowest BCUT2D eigenvalue weighted by atomic mass is 10.1. The number of para-hydroxylation sites is 1. The Morgan fingerprint density at radius 1 is 1.30 bits per heavy atom. The molecule has 2 rings (SSSR count). The number of esters is 1. The molecule has 1 aromatic carbocycles. The number of rotatable bonds is 8. The van der Waals surface area contributed by atoms with E-state index in [4.69, 9.17) is 4.74 Å². The summed E-state index contributed by atoms with van der Waals surface area (Å²) in [6.07, 6.45) is -0.123. The summed E-state index contributed by atoms with van der Waals surface area (Å²) in [6, 6.07) is 8.84. The molecule has 7 heteroatoms. The average molecular weight is 375 g/mol. The predicted octanol–water partition coefficient (Wildman–Crippen LogP) is 1.43. The van der Waals surface area contributed by atoms with Crippen LogP contribution in [0.4, 0.5) is 5.69 Å². The molecule has 1 aliphatic rings. The fourth-order valence-corrected chi connectivity index (χ4v) is 2.97. The molecule has 27 heavy (non-hydrogen) atoms. The van der Waals surface area contributed by atoms with Crippen molar-refractivity contribution < 1.29 is 19.1 Å². The Hall–Kier alpha value is -2.57. The highest BCUT2D eigenvalue weighted by Crippen LogP contribution is 2.16. The van der Waals surface area contributed by atoms with Crippen LogP contribution in [0.25, 0.3) is 0 Å². The van der Waals surface area contributed by atoms with Crippen LogP contribution in [0.15, 0.2) is 30.3 Å². The number of anilines is 1. The second kappa shape index (κ2) is 9.94. The molecular formula is C20H29N3O4. The van der Waals surface area contributed by atoms with Crippen molar-refractivity contribution in [2.24, 2.45) is 5.92 Å². The van der Waals surface area contributed by atoms with Crippen molar-refractivity contribution in [3.8, 4) is 0 Å². The number of carbonyl (C=O) groups excluding carboxylic acids is 3. The van der Waals surface area contributed by atoms with Crippen LogP contribution in [0.3, 0.4) is 0 Å². The van der Waals surface area contributed by atoms with Crippen molar-refractivity contribution in [3.63, 3.8) is 0 Å². The number of nitrogens with zero attached hydrogens (tertiary/aromatic N) is 2. The molecule has 1 atom stereocenters. The molecule has 1 aliphatic heterocycles. The van der Waals surface area contributed by atoms with Crippen LogP contribution in [0.1, 0.15) is 27.2 Å². The summed E-state index contributed by atoms with van der Waals surface area (Å²) >= 11 is 0. The van der Waals surface area contributed by atoms with Gasteiger partial charge in [-0.05, 0) is 25.0 Å². The zero-order valence-corrected chi connectivity index (χ0v) is 16.3. The smallest absolute Gasteiger partial charge is 0.308 e. The summed E-state index contributed by atoms with van der Waals surface area (Å²) < 4.78 is 5.19. The Morgan fingerprint density at radius 2 is 2.00 bits per heavy atom. The number of hydrogen-bond acceptors (Lipinski definition) is 5. The van der Waals surface area contributed by atoms with Crippen LogP contribution in [0, 0.1) is 5.92 Å². The van der Waals surface area contributed by atoms with Crippen molar-refractivity contribution in [2.45, 2.75) is 33.2 Å². The quantitative estimate of drug-likeness (QED) is 0.696. The summed E-state index contributed by atoms with van der Waals surface area (Å²) in [4.78, 5) is 40.7. The highest BCUT2D eigenvalue weighted by molar-refractivity contribution is 5.93. The highest BCUT2D eigenvalue weighted by atomic mass is 16.5. The van der Waals surface area contributed by atoms with Gasteiger partial charge in [0.15, 0.2) is 0 Å². The summed E-state index contributed by atoms with van der Waals surface area (Å²) in [5.74, 6) is -0.717. The van der Waals surface area contributed by atoms with E-state index in [-0.39, 0.29) is 30.7 Å². The first kappa shape index (κ1) is 20.7. The van der Waals surface area contributed by atoms with Crippen molar-refractivity contribution in [1.82, 2.24) is 10.2 Å². The van der Waals surface area contributed by atoms with Crippen molar-refractivity contribution in [3.05, 3.63) is 30.3 Å². The lowest BCUT2D eigenvalue weighted by molar-refractivity contribution is -0.152. The van der Waals surface area contributed by atoms with Gasteiger partial charge in [-0.15, -0.1) is 0 Å². The topological polar surface area (TPSA) is 79.0 Å². The number of nitrogens with one attached hydrogen (secondary N) is 1. The molecule has 148 valence electrons. The average Bonchev–Trinajstić information content (AvgIpc) is 2.66. The standard InChI is InChI=1S/C20H29N3O4/c1-4-22(16-8-6-5-7-9-16)13-18(24)23-11-10-21-20(26)17(23)12-19(25)27-14-15(2)3/h5-9,15,17H,4,10-14H2,1-3H3,(H,21,26). The minimum Gasteiger partial charge on any atom is -0.465 e. The largest absolute Gasteiger partial charge is 0.465 e. The molecule has 0 saturated carbocycles. The molecule has 1 fully saturated rings. The van der Waals surface area contributed by atoms with Crippen molar-refractivity contribution in [1.29, 1.82) is 0 Å². The molecule has 1 saturated heterocycles. The third-order valence-electron chi connectivity index (χ3n) is 4.42. The monoisotopic (exact) mass is 375 g/mol. The van der Waals surface area contributed by atoms with E-state index >= 15 is 0 Å². The minimum absolute atomic E-state index is 0.123. The summed E-state index contributed by atoms with van der Waals surface area (Å²) in [5, 5.41) is 2.73. The Morgan fingerprint density at radius 3 is 2.63 bits per heavy atom. The first-order valence-corrected chi connectivity index (χ1v) is 9.45. The van der Waals surface area contributed by atoms with Crippen LogP contribution in [0.5, 0.6) is 0 Å². The van der Waals surface area contributed by atoms with Gasteiger partial charge in [0, 0.05) is 25.3 Å². The SMILES string of the molecule is CCN(CC(=O)N1CCNC(=O)C1CC(=O)OCC(C)C)c1ccccc1. The molecule has 0 aromatic heterocycles. The summed E-state index contributed by atoms with van der Waals surface area (Å²) in [7, 11) is 0. The molecule has 0 bridgehead atoms. The first-order valence-electron chi connectivity index (χ1n) is 9.45. The summed E-state index contributed by atoms with van der Waals surface area (Å²) in [5.41, 5.74) is 0.947. The maximum atomic E-state index is 12.9. The lowest BCUT2D eigenvalue weighted by Crippen LogP contribution is -2.59. The number of benzene rings is 1. The molecule has 7 nitrogen and oxygen atoms in total. The molecule has 0 spiro atoms. The Balaban J connectivity index is 2.04. The van der Waals surface area contributed by atoms with Crippen LogP contribution in [0.2, 0.25) is 0 Å². The Bertz CT molecular complexity index is 648. The van der Waals surface area contributed by atoms with Gasteiger partial charge >= 0.3 is 5.97 Å². The number of amides is 2. The van der Waals surface area contributed by atoms with Gasteiger partial charge in [-0.1, -0.05) is 32.0 Å². The van der Waals surface area contributed by atoms with E-state index in [0.717, 1.165) is 5.69 Å². The van der Waals surface area contributed by atoms with Gasteiger partial charge < -0.3 is 19.9 Å². The molecule has 1 aromatic rings. The van der Waals surface area contributed by atoms with Crippen molar-refractivity contribution >= 4 is 23.5 Å². The normalized spacial score (nSPS) is 16.8. The molecule has 0 aliphatic carbocycles. The van der Waals surface area contributed by atoms with Gasteiger partial charge in [-0.2, -0.15) is 0 Å². The minimum atomic E-state index is -0.819. The number of carbonyl (C=O) groups is 3. The fourth-order valence-electron chi connectivity index (χ4n) is 2.97. The molecule has 2 amide bonds. The van der Waals surface area contributed by atoms with Gasteiger partial charge in [0.25, 0.3) is 0 Å². The number of piperazine rings is 1. The second-order valence-corrected chi connectivity index (χ2v) is 7.02. The van der Waals surface area contributed by atoms with E-state index in [1.165, 1.54) is 4.90 Å². The molecule has 1 unspecified atom stereocenters.